The van der Waals surface area contributed by atoms with Crippen molar-refractivity contribution < 1.29 is 9.13 Å². The van der Waals surface area contributed by atoms with Gasteiger partial charge in [0, 0.05) is 12.3 Å². The second-order valence-electron chi connectivity index (χ2n) is 3.21. The molecule has 2 rings (SSSR count). The van der Waals surface area contributed by atoms with Crippen molar-refractivity contribution in [3.8, 4) is 5.75 Å². The first-order valence-electron chi connectivity index (χ1n) is 4.64. The van der Waals surface area contributed by atoms with E-state index < -0.39 is 0 Å². The summed E-state index contributed by atoms with van der Waals surface area (Å²) in [6.07, 6.45) is 1.77. The monoisotopic (exact) mass is 301 g/mol. The highest BCUT2D eigenvalue weighted by molar-refractivity contribution is 9.10. The van der Waals surface area contributed by atoms with E-state index in [0.29, 0.717) is 12.4 Å². The van der Waals surface area contributed by atoms with Crippen LogP contribution in [0.4, 0.5) is 4.39 Å². The van der Waals surface area contributed by atoms with E-state index in [1.54, 1.807) is 23.6 Å². The van der Waals surface area contributed by atoms with Crippen LogP contribution in [-0.4, -0.2) is 4.98 Å². The molecular formula is C11H9BrFNOS. The van der Waals surface area contributed by atoms with E-state index in [2.05, 4.69) is 20.9 Å². The maximum absolute atomic E-state index is 13.0. The van der Waals surface area contributed by atoms with E-state index in [1.807, 2.05) is 6.92 Å². The highest BCUT2D eigenvalue weighted by atomic mass is 79.9. The predicted octanol–water partition coefficient (Wildman–Crippen LogP) is 3.93. The molecule has 0 aliphatic carbocycles. The summed E-state index contributed by atoms with van der Waals surface area (Å²) in [4.78, 5) is 5.14. The molecule has 0 saturated carbocycles. The lowest BCUT2D eigenvalue weighted by Gasteiger charge is -2.06. The number of hydrogen-bond acceptors (Lipinski definition) is 3. The maximum atomic E-state index is 13.0. The summed E-state index contributed by atoms with van der Waals surface area (Å²) in [5, 5.41) is 0.997. The number of nitrogens with zero attached hydrogens (tertiary/aromatic N) is 1. The Balaban J connectivity index is 2.07. The summed E-state index contributed by atoms with van der Waals surface area (Å²) in [6.45, 7) is 2.35. The molecule has 0 N–H and O–H groups in total. The zero-order chi connectivity index (χ0) is 11.5. The largest absolute Gasteiger partial charge is 0.487 e. The molecule has 0 saturated heterocycles. The van der Waals surface area contributed by atoms with E-state index in [1.165, 1.54) is 12.1 Å². The standard InChI is InChI=1S/C11H9BrFNOS/c1-7-14-5-9(16-7)6-15-11-4-8(13)2-3-10(11)12/h2-5H,6H2,1H3. The average Bonchev–Trinajstić information content (AvgIpc) is 2.66. The molecule has 1 aromatic carbocycles. The molecule has 84 valence electrons. The Labute approximate surface area is 105 Å². The number of aryl methyl sites for hydroxylation is 1. The summed E-state index contributed by atoms with van der Waals surface area (Å²) >= 11 is 4.88. The van der Waals surface area contributed by atoms with Gasteiger partial charge in [0.1, 0.15) is 18.2 Å². The van der Waals surface area contributed by atoms with Crippen LogP contribution in [0.3, 0.4) is 0 Å². The lowest BCUT2D eigenvalue weighted by atomic mass is 10.3. The summed E-state index contributed by atoms with van der Waals surface area (Å²) in [5.41, 5.74) is 0. The molecule has 0 aliphatic heterocycles. The second-order valence-corrected chi connectivity index (χ2v) is 5.38. The van der Waals surface area contributed by atoms with Gasteiger partial charge in [-0.15, -0.1) is 11.3 Å². The predicted molar refractivity (Wildman–Crippen MR) is 65.3 cm³/mol. The van der Waals surface area contributed by atoms with E-state index >= 15 is 0 Å². The van der Waals surface area contributed by atoms with E-state index in [0.717, 1.165) is 14.4 Å². The minimum atomic E-state index is -0.307. The quantitative estimate of drug-likeness (QED) is 0.857. The number of benzene rings is 1. The van der Waals surface area contributed by atoms with Crippen molar-refractivity contribution >= 4 is 27.3 Å². The first-order valence-corrected chi connectivity index (χ1v) is 6.25. The number of ether oxygens (including phenoxy) is 1. The van der Waals surface area contributed by atoms with E-state index in [4.69, 9.17) is 4.74 Å². The van der Waals surface area contributed by atoms with Crippen LogP contribution in [0.1, 0.15) is 9.88 Å². The molecule has 0 aliphatic rings. The van der Waals surface area contributed by atoms with Gasteiger partial charge in [-0.25, -0.2) is 9.37 Å². The fourth-order valence-electron chi connectivity index (χ4n) is 1.21. The molecule has 0 spiro atoms. The molecule has 0 atom stereocenters. The van der Waals surface area contributed by atoms with Gasteiger partial charge in [-0.3, -0.25) is 0 Å². The fraction of sp³-hybridized carbons (Fsp3) is 0.182. The highest BCUT2D eigenvalue weighted by Crippen LogP contribution is 2.26. The van der Waals surface area contributed by atoms with Gasteiger partial charge in [0.25, 0.3) is 0 Å². The van der Waals surface area contributed by atoms with Crippen LogP contribution in [0.25, 0.3) is 0 Å². The Morgan fingerprint density at radius 3 is 3.00 bits per heavy atom. The van der Waals surface area contributed by atoms with Crippen molar-refractivity contribution in [1.29, 1.82) is 0 Å². The maximum Gasteiger partial charge on any atom is 0.136 e. The van der Waals surface area contributed by atoms with Gasteiger partial charge in [0.15, 0.2) is 0 Å². The number of aromatic nitrogens is 1. The molecule has 0 radical (unpaired) electrons. The summed E-state index contributed by atoms with van der Waals surface area (Å²) in [7, 11) is 0. The SMILES string of the molecule is Cc1ncc(COc2cc(F)ccc2Br)s1. The summed E-state index contributed by atoms with van der Waals surface area (Å²) < 4.78 is 19.2. The number of halogens is 2. The van der Waals surface area contributed by atoms with Crippen LogP contribution in [0, 0.1) is 12.7 Å². The van der Waals surface area contributed by atoms with E-state index in [9.17, 15) is 4.39 Å². The van der Waals surface area contributed by atoms with Crippen LogP contribution in [-0.2, 0) is 6.61 Å². The Kier molecular flexibility index (Phi) is 3.56. The van der Waals surface area contributed by atoms with Crippen LogP contribution < -0.4 is 4.74 Å². The Morgan fingerprint density at radius 2 is 2.31 bits per heavy atom. The van der Waals surface area contributed by atoms with Crippen molar-refractivity contribution in [2.45, 2.75) is 13.5 Å². The van der Waals surface area contributed by atoms with Gasteiger partial charge in [-0.2, -0.15) is 0 Å². The van der Waals surface area contributed by atoms with Gasteiger partial charge >= 0.3 is 0 Å². The van der Waals surface area contributed by atoms with Gasteiger partial charge < -0.3 is 4.74 Å². The lowest BCUT2D eigenvalue weighted by molar-refractivity contribution is 0.306. The van der Waals surface area contributed by atoms with Gasteiger partial charge in [-0.05, 0) is 35.0 Å². The van der Waals surface area contributed by atoms with Crippen molar-refractivity contribution in [2.75, 3.05) is 0 Å². The van der Waals surface area contributed by atoms with Crippen LogP contribution in [0.2, 0.25) is 0 Å². The topological polar surface area (TPSA) is 22.1 Å². The van der Waals surface area contributed by atoms with Gasteiger partial charge in [-0.1, -0.05) is 0 Å². The minimum Gasteiger partial charge on any atom is -0.487 e. The van der Waals surface area contributed by atoms with Crippen molar-refractivity contribution in [2.24, 2.45) is 0 Å². The Morgan fingerprint density at radius 1 is 1.50 bits per heavy atom. The molecule has 5 heteroatoms. The van der Waals surface area contributed by atoms with Crippen LogP contribution >= 0.6 is 27.3 Å². The van der Waals surface area contributed by atoms with Crippen molar-refractivity contribution in [3.05, 3.63) is 44.6 Å². The third-order valence-corrected chi connectivity index (χ3v) is 3.47. The van der Waals surface area contributed by atoms with Crippen molar-refractivity contribution in [3.63, 3.8) is 0 Å². The number of thiazole rings is 1. The Hall–Kier alpha value is -0.940. The molecular weight excluding hydrogens is 293 g/mol. The average molecular weight is 302 g/mol. The zero-order valence-corrected chi connectivity index (χ0v) is 10.9. The third kappa shape index (κ3) is 2.80. The summed E-state index contributed by atoms with van der Waals surface area (Å²) in [6, 6.07) is 4.37. The minimum absolute atomic E-state index is 0.307. The number of rotatable bonds is 3. The third-order valence-electron chi connectivity index (χ3n) is 1.93. The first-order chi connectivity index (χ1) is 7.65. The molecule has 0 amide bonds. The fourth-order valence-corrected chi connectivity index (χ4v) is 2.28. The summed E-state index contributed by atoms with van der Waals surface area (Å²) in [5.74, 6) is 0.199. The highest BCUT2D eigenvalue weighted by Gasteiger charge is 2.04. The molecule has 2 nitrogen and oxygen atoms in total. The van der Waals surface area contributed by atoms with E-state index in [-0.39, 0.29) is 5.82 Å². The van der Waals surface area contributed by atoms with Crippen LogP contribution in [0.5, 0.6) is 5.75 Å². The van der Waals surface area contributed by atoms with Crippen LogP contribution in [0.15, 0.2) is 28.9 Å². The molecule has 1 aromatic heterocycles. The molecule has 0 fully saturated rings. The number of hydrogen-bond donors (Lipinski definition) is 0. The molecule has 0 unspecified atom stereocenters. The Bertz CT molecular complexity index is 500. The normalized spacial score (nSPS) is 10.4. The zero-order valence-electron chi connectivity index (χ0n) is 8.54. The van der Waals surface area contributed by atoms with Crippen molar-refractivity contribution in [1.82, 2.24) is 4.98 Å². The second kappa shape index (κ2) is 4.93. The molecule has 1 heterocycles. The smallest absolute Gasteiger partial charge is 0.136 e. The van der Waals surface area contributed by atoms with Gasteiger partial charge in [0.05, 0.1) is 14.4 Å². The molecule has 16 heavy (non-hydrogen) atoms. The molecule has 0 bridgehead atoms. The first kappa shape index (κ1) is 11.5. The lowest BCUT2D eigenvalue weighted by Crippen LogP contribution is -1.94. The van der Waals surface area contributed by atoms with Gasteiger partial charge in [0.2, 0.25) is 0 Å². The molecule has 2 aromatic rings.